The van der Waals surface area contributed by atoms with Crippen LogP contribution in [0.2, 0.25) is 0 Å². The highest BCUT2D eigenvalue weighted by Gasteiger charge is 2.31. The Hall–Kier alpha value is -2.49. The van der Waals surface area contributed by atoms with Crippen LogP contribution in [0, 0.1) is 0 Å². The number of hydrogen-bond acceptors (Lipinski definition) is 4. The van der Waals surface area contributed by atoms with Crippen molar-refractivity contribution in [3.63, 3.8) is 0 Å². The molecule has 0 aromatic heterocycles. The van der Waals surface area contributed by atoms with Crippen LogP contribution in [0.15, 0.2) is 47.4 Å². The lowest BCUT2D eigenvalue weighted by Crippen LogP contribution is -3.15. The summed E-state index contributed by atoms with van der Waals surface area (Å²) < 4.78 is 27.4. The topological polar surface area (TPSA) is 100 Å². The van der Waals surface area contributed by atoms with E-state index in [4.69, 9.17) is 0 Å². The van der Waals surface area contributed by atoms with Crippen molar-refractivity contribution in [3.8, 4) is 0 Å². The maximum absolute atomic E-state index is 13.0. The first-order valence-corrected chi connectivity index (χ1v) is 11.1. The summed E-state index contributed by atoms with van der Waals surface area (Å²) in [5, 5.41) is 6.78. The summed E-state index contributed by atoms with van der Waals surface area (Å²) in [4.78, 5) is 24.8. The number of urea groups is 1. The minimum absolute atomic E-state index is 0.0565. The van der Waals surface area contributed by atoms with E-state index in [9.17, 15) is 18.0 Å². The van der Waals surface area contributed by atoms with Crippen LogP contribution >= 0.6 is 0 Å². The molecule has 0 saturated carbocycles. The second-order valence-corrected chi connectivity index (χ2v) is 9.45. The van der Waals surface area contributed by atoms with E-state index >= 15 is 0 Å². The molecule has 9 heteroatoms. The molecule has 2 aromatic carbocycles. The normalized spacial score (nSPS) is 16.1. The van der Waals surface area contributed by atoms with Crippen molar-refractivity contribution in [1.82, 2.24) is 14.9 Å². The monoisotopic (exact) mass is 419 g/mol. The number of imide groups is 1. The number of sulfonamides is 1. The number of carbonyl (C=O) groups is 2. The molecule has 0 bridgehead atoms. The number of nitrogens with one attached hydrogen (secondary N) is 3. The first kappa shape index (κ1) is 21.2. The van der Waals surface area contributed by atoms with Gasteiger partial charge in [0.25, 0.3) is 5.91 Å². The van der Waals surface area contributed by atoms with E-state index in [2.05, 4.69) is 10.6 Å². The molecular weight excluding hydrogens is 392 g/mol. The lowest BCUT2D eigenvalue weighted by molar-refractivity contribution is -0.895. The first-order valence-electron chi connectivity index (χ1n) is 9.68. The van der Waals surface area contributed by atoms with Gasteiger partial charge in [0.15, 0.2) is 6.54 Å². The summed E-state index contributed by atoms with van der Waals surface area (Å²) in [5.41, 5.74) is 0. The predicted octanol–water partition coefficient (Wildman–Crippen LogP) is -0.0368. The molecule has 1 fully saturated rings. The zero-order valence-electron chi connectivity index (χ0n) is 16.6. The zero-order valence-corrected chi connectivity index (χ0v) is 17.5. The molecule has 0 atom stereocenters. The molecule has 0 spiro atoms. The maximum atomic E-state index is 13.0. The standard InChI is InChI=1S/C20H26N4O4S/c1-15(2)21-20(26)22-19(25)14-23-9-11-24(12-10-23)29(27,28)18-8-7-16-5-3-4-6-17(16)13-18/h3-8,13,15H,9-12,14H2,1-2H3,(H2,21,22,25,26)/p+1. The average Bonchev–Trinajstić information content (AvgIpc) is 2.67. The highest BCUT2D eigenvalue weighted by Crippen LogP contribution is 2.21. The van der Waals surface area contributed by atoms with E-state index in [1.54, 1.807) is 12.1 Å². The highest BCUT2D eigenvalue weighted by atomic mass is 32.2. The lowest BCUT2D eigenvalue weighted by Gasteiger charge is -2.31. The Balaban J connectivity index is 1.57. The Morgan fingerprint density at radius 3 is 2.38 bits per heavy atom. The predicted molar refractivity (Wildman–Crippen MR) is 110 cm³/mol. The Bertz CT molecular complexity index is 998. The van der Waals surface area contributed by atoms with Crippen molar-refractivity contribution in [1.29, 1.82) is 0 Å². The van der Waals surface area contributed by atoms with Gasteiger partial charge in [-0.1, -0.05) is 30.3 Å². The van der Waals surface area contributed by atoms with Crippen LogP contribution in [0.3, 0.4) is 0 Å². The van der Waals surface area contributed by atoms with Gasteiger partial charge in [-0.25, -0.2) is 13.2 Å². The third kappa shape index (κ3) is 5.31. The molecule has 1 heterocycles. The molecule has 2 aromatic rings. The van der Waals surface area contributed by atoms with Crippen LogP contribution < -0.4 is 15.5 Å². The number of fused-ring (bicyclic) bond motifs is 1. The minimum atomic E-state index is -3.58. The fourth-order valence-corrected chi connectivity index (χ4v) is 4.87. The van der Waals surface area contributed by atoms with Gasteiger partial charge in [0, 0.05) is 6.04 Å². The van der Waals surface area contributed by atoms with E-state index < -0.39 is 16.1 Å². The minimum Gasteiger partial charge on any atom is -0.336 e. The molecule has 0 radical (unpaired) electrons. The Labute approximate surface area is 170 Å². The van der Waals surface area contributed by atoms with Crippen molar-refractivity contribution in [3.05, 3.63) is 42.5 Å². The maximum Gasteiger partial charge on any atom is 0.321 e. The molecule has 1 aliphatic rings. The average molecular weight is 420 g/mol. The van der Waals surface area contributed by atoms with E-state index in [0.717, 1.165) is 15.7 Å². The number of amides is 3. The van der Waals surface area contributed by atoms with Crippen molar-refractivity contribution < 1.29 is 22.9 Å². The highest BCUT2D eigenvalue weighted by molar-refractivity contribution is 7.89. The van der Waals surface area contributed by atoms with Gasteiger partial charge in [-0.2, -0.15) is 4.31 Å². The molecule has 3 N–H and O–H groups in total. The van der Waals surface area contributed by atoms with Crippen LogP contribution in [-0.2, 0) is 14.8 Å². The summed E-state index contributed by atoms with van der Waals surface area (Å²) in [6, 6.07) is 12.2. The van der Waals surface area contributed by atoms with Crippen LogP contribution in [0.1, 0.15) is 13.8 Å². The van der Waals surface area contributed by atoms with Gasteiger partial charge in [-0.15, -0.1) is 0 Å². The van der Waals surface area contributed by atoms with Crippen LogP contribution in [0.4, 0.5) is 4.79 Å². The van der Waals surface area contributed by atoms with E-state index in [0.29, 0.717) is 26.2 Å². The molecular formula is C20H27N4O4S+. The zero-order chi connectivity index (χ0) is 21.0. The molecule has 0 aliphatic carbocycles. The molecule has 8 nitrogen and oxygen atoms in total. The molecule has 1 saturated heterocycles. The van der Waals surface area contributed by atoms with E-state index in [1.165, 1.54) is 4.31 Å². The second kappa shape index (κ2) is 8.89. The largest absolute Gasteiger partial charge is 0.336 e. The molecule has 29 heavy (non-hydrogen) atoms. The third-order valence-electron chi connectivity index (χ3n) is 4.87. The molecule has 0 unspecified atom stereocenters. The number of quaternary nitrogens is 1. The molecule has 3 rings (SSSR count). The number of carbonyl (C=O) groups excluding carboxylic acids is 2. The lowest BCUT2D eigenvalue weighted by atomic mass is 10.1. The number of rotatable bonds is 5. The first-order chi connectivity index (χ1) is 13.8. The van der Waals surface area contributed by atoms with Gasteiger partial charge in [0.05, 0.1) is 31.1 Å². The Kier molecular flexibility index (Phi) is 6.51. The van der Waals surface area contributed by atoms with Gasteiger partial charge in [-0.3, -0.25) is 10.1 Å². The number of benzene rings is 2. The number of piperazine rings is 1. The fourth-order valence-electron chi connectivity index (χ4n) is 3.39. The van der Waals surface area contributed by atoms with E-state index in [1.807, 2.05) is 44.2 Å². The molecule has 1 aliphatic heterocycles. The van der Waals surface area contributed by atoms with Gasteiger partial charge >= 0.3 is 6.03 Å². The van der Waals surface area contributed by atoms with Gasteiger partial charge < -0.3 is 10.2 Å². The van der Waals surface area contributed by atoms with Crippen molar-refractivity contribution in [2.75, 3.05) is 32.7 Å². The van der Waals surface area contributed by atoms with Crippen molar-refractivity contribution in [2.45, 2.75) is 24.8 Å². The fraction of sp³-hybridized carbons (Fsp3) is 0.400. The Morgan fingerprint density at radius 1 is 1.07 bits per heavy atom. The van der Waals surface area contributed by atoms with E-state index in [-0.39, 0.29) is 23.4 Å². The van der Waals surface area contributed by atoms with Crippen LogP contribution in [-0.4, -0.2) is 63.4 Å². The Morgan fingerprint density at radius 2 is 1.72 bits per heavy atom. The second-order valence-electron chi connectivity index (χ2n) is 7.52. The van der Waals surface area contributed by atoms with Crippen LogP contribution in [0.25, 0.3) is 10.8 Å². The smallest absolute Gasteiger partial charge is 0.321 e. The quantitative estimate of drug-likeness (QED) is 0.633. The van der Waals surface area contributed by atoms with Crippen molar-refractivity contribution >= 4 is 32.7 Å². The van der Waals surface area contributed by atoms with Crippen molar-refractivity contribution in [2.24, 2.45) is 0 Å². The summed E-state index contributed by atoms with van der Waals surface area (Å²) in [5.74, 6) is -0.371. The van der Waals surface area contributed by atoms with Gasteiger partial charge in [-0.05, 0) is 36.8 Å². The molecule has 3 amide bonds. The molecule has 156 valence electrons. The summed E-state index contributed by atoms with van der Waals surface area (Å²) >= 11 is 0. The number of nitrogens with zero attached hydrogens (tertiary/aromatic N) is 1. The van der Waals surface area contributed by atoms with Crippen LogP contribution in [0.5, 0.6) is 0 Å². The van der Waals surface area contributed by atoms with Gasteiger partial charge in [0.1, 0.15) is 0 Å². The third-order valence-corrected chi connectivity index (χ3v) is 6.77. The SMILES string of the molecule is CC(C)NC(=O)NC(=O)C[NH+]1CCN(S(=O)(=O)c2ccc3ccccc3c2)CC1. The summed E-state index contributed by atoms with van der Waals surface area (Å²) in [6.07, 6.45) is 0. The van der Waals surface area contributed by atoms with Gasteiger partial charge in [0.2, 0.25) is 10.0 Å². The number of hydrogen-bond donors (Lipinski definition) is 3. The summed E-state index contributed by atoms with van der Waals surface area (Å²) in [6.45, 7) is 5.42. The summed E-state index contributed by atoms with van der Waals surface area (Å²) in [7, 11) is -3.58.